The molecule has 0 aliphatic heterocycles. The molecule has 0 aliphatic rings. The number of ether oxygens (including phenoxy) is 2. The van der Waals surface area contributed by atoms with Crippen LogP contribution in [0, 0.1) is 13.8 Å². The fourth-order valence-corrected chi connectivity index (χ4v) is 2.34. The Morgan fingerprint density at radius 1 is 0.889 bits per heavy atom. The van der Waals surface area contributed by atoms with E-state index in [1.807, 2.05) is 57.2 Å². The molecule has 0 saturated carbocycles. The van der Waals surface area contributed by atoms with Gasteiger partial charge >= 0.3 is 0 Å². The first kappa shape index (κ1) is 20.3. The van der Waals surface area contributed by atoms with Crippen LogP contribution in [-0.2, 0) is 9.59 Å². The van der Waals surface area contributed by atoms with E-state index in [4.69, 9.17) is 9.47 Å². The minimum Gasteiger partial charge on any atom is -0.481 e. The molecule has 2 amide bonds. The number of hydrogen-bond donors (Lipinski definition) is 2. The maximum Gasteiger partial charge on any atom is 0.279 e. The topological polar surface area (TPSA) is 76.7 Å². The quantitative estimate of drug-likeness (QED) is 0.735. The molecule has 6 heteroatoms. The summed E-state index contributed by atoms with van der Waals surface area (Å²) in [6, 6.07) is 14.7. The number of hydrazine groups is 1. The Hall–Kier alpha value is -3.02. The molecule has 0 spiro atoms. The SMILES string of the molecule is CCC(Oc1ccccc1)C(=O)NNC(=O)C(C)Oc1ccc(C)c(C)c1. The third-order valence-electron chi connectivity index (χ3n) is 4.15. The highest BCUT2D eigenvalue weighted by atomic mass is 16.5. The van der Waals surface area contributed by atoms with Crippen molar-refractivity contribution in [3.63, 3.8) is 0 Å². The number of rotatable bonds is 7. The number of carbonyl (C=O) groups excluding carboxylic acids is 2. The van der Waals surface area contributed by atoms with E-state index in [-0.39, 0.29) is 0 Å². The number of amides is 2. The molecule has 2 rings (SSSR count). The van der Waals surface area contributed by atoms with Crippen molar-refractivity contribution in [3.05, 3.63) is 59.7 Å². The molecule has 0 aliphatic carbocycles. The molecule has 2 atom stereocenters. The van der Waals surface area contributed by atoms with Crippen molar-refractivity contribution >= 4 is 11.8 Å². The lowest BCUT2D eigenvalue weighted by molar-refractivity contribution is -0.135. The van der Waals surface area contributed by atoms with Gasteiger partial charge in [-0.2, -0.15) is 0 Å². The van der Waals surface area contributed by atoms with Crippen molar-refractivity contribution in [1.29, 1.82) is 0 Å². The summed E-state index contributed by atoms with van der Waals surface area (Å²) in [5.41, 5.74) is 7.01. The Kier molecular flexibility index (Phi) is 7.23. The van der Waals surface area contributed by atoms with Crippen LogP contribution in [0.15, 0.2) is 48.5 Å². The van der Waals surface area contributed by atoms with E-state index < -0.39 is 24.0 Å². The van der Waals surface area contributed by atoms with Crippen LogP contribution in [0.1, 0.15) is 31.4 Å². The fourth-order valence-electron chi connectivity index (χ4n) is 2.34. The van der Waals surface area contributed by atoms with E-state index >= 15 is 0 Å². The number of para-hydroxylation sites is 1. The third kappa shape index (κ3) is 6.02. The molecule has 27 heavy (non-hydrogen) atoms. The lowest BCUT2D eigenvalue weighted by Crippen LogP contribution is -2.51. The van der Waals surface area contributed by atoms with Crippen LogP contribution in [0.3, 0.4) is 0 Å². The summed E-state index contributed by atoms with van der Waals surface area (Å²) < 4.78 is 11.3. The zero-order valence-electron chi connectivity index (χ0n) is 16.1. The van der Waals surface area contributed by atoms with Crippen LogP contribution in [-0.4, -0.2) is 24.0 Å². The summed E-state index contributed by atoms with van der Waals surface area (Å²) in [4.78, 5) is 24.4. The maximum atomic E-state index is 12.3. The summed E-state index contributed by atoms with van der Waals surface area (Å²) in [6.45, 7) is 7.44. The molecule has 0 bridgehead atoms. The molecule has 2 aromatic carbocycles. The highest BCUT2D eigenvalue weighted by Crippen LogP contribution is 2.17. The average Bonchev–Trinajstić information content (AvgIpc) is 2.67. The Balaban J connectivity index is 1.85. The summed E-state index contributed by atoms with van der Waals surface area (Å²) in [7, 11) is 0. The van der Waals surface area contributed by atoms with Gasteiger partial charge in [-0.1, -0.05) is 31.2 Å². The van der Waals surface area contributed by atoms with Gasteiger partial charge in [-0.15, -0.1) is 0 Å². The molecule has 0 aromatic heterocycles. The van der Waals surface area contributed by atoms with Crippen LogP contribution < -0.4 is 20.3 Å². The van der Waals surface area contributed by atoms with Gasteiger partial charge in [0.05, 0.1) is 0 Å². The van der Waals surface area contributed by atoms with Gasteiger partial charge in [0.15, 0.2) is 12.2 Å². The highest BCUT2D eigenvalue weighted by Gasteiger charge is 2.21. The summed E-state index contributed by atoms with van der Waals surface area (Å²) in [5, 5.41) is 0. The molecule has 0 fully saturated rings. The first-order valence-electron chi connectivity index (χ1n) is 8.96. The zero-order valence-corrected chi connectivity index (χ0v) is 16.1. The van der Waals surface area contributed by atoms with Gasteiger partial charge in [-0.3, -0.25) is 20.4 Å². The van der Waals surface area contributed by atoms with Gasteiger partial charge in [0.2, 0.25) is 0 Å². The van der Waals surface area contributed by atoms with Crippen molar-refractivity contribution in [2.75, 3.05) is 0 Å². The molecule has 0 radical (unpaired) electrons. The minimum absolute atomic E-state index is 0.423. The van der Waals surface area contributed by atoms with Crippen LogP contribution in [0.2, 0.25) is 0 Å². The Bertz CT molecular complexity index is 777. The van der Waals surface area contributed by atoms with Crippen LogP contribution in [0.5, 0.6) is 11.5 Å². The molecular formula is C21H26N2O4. The van der Waals surface area contributed by atoms with Crippen molar-refractivity contribution in [2.24, 2.45) is 0 Å². The molecule has 2 aromatic rings. The average molecular weight is 370 g/mol. The zero-order chi connectivity index (χ0) is 19.8. The van der Waals surface area contributed by atoms with Gasteiger partial charge in [-0.05, 0) is 62.6 Å². The molecule has 2 N–H and O–H groups in total. The van der Waals surface area contributed by atoms with E-state index in [0.29, 0.717) is 17.9 Å². The molecular weight excluding hydrogens is 344 g/mol. The fraction of sp³-hybridized carbons (Fsp3) is 0.333. The summed E-state index contributed by atoms with van der Waals surface area (Å²) in [5.74, 6) is 0.326. The molecule has 0 heterocycles. The second kappa shape index (κ2) is 9.62. The van der Waals surface area contributed by atoms with Crippen LogP contribution >= 0.6 is 0 Å². The van der Waals surface area contributed by atoms with Gasteiger partial charge in [-0.25, -0.2) is 0 Å². The van der Waals surface area contributed by atoms with E-state index in [9.17, 15) is 9.59 Å². The molecule has 0 saturated heterocycles. The minimum atomic E-state index is -0.762. The van der Waals surface area contributed by atoms with Crippen molar-refractivity contribution in [3.8, 4) is 11.5 Å². The Morgan fingerprint density at radius 3 is 2.19 bits per heavy atom. The van der Waals surface area contributed by atoms with Crippen molar-refractivity contribution < 1.29 is 19.1 Å². The van der Waals surface area contributed by atoms with Gasteiger partial charge in [0.25, 0.3) is 11.8 Å². The van der Waals surface area contributed by atoms with E-state index in [2.05, 4.69) is 10.9 Å². The monoisotopic (exact) mass is 370 g/mol. The van der Waals surface area contributed by atoms with Crippen molar-refractivity contribution in [2.45, 2.75) is 46.3 Å². The number of hydrogen-bond acceptors (Lipinski definition) is 4. The predicted octanol–water partition coefficient (Wildman–Crippen LogP) is 3.08. The first-order valence-corrected chi connectivity index (χ1v) is 8.96. The van der Waals surface area contributed by atoms with E-state index in [0.717, 1.165) is 11.1 Å². The maximum absolute atomic E-state index is 12.3. The smallest absolute Gasteiger partial charge is 0.279 e. The van der Waals surface area contributed by atoms with Gasteiger partial charge in [0, 0.05) is 0 Å². The van der Waals surface area contributed by atoms with E-state index in [1.165, 1.54) is 0 Å². The standard InChI is InChI=1S/C21H26N2O4/c1-5-19(27-17-9-7-6-8-10-17)21(25)23-22-20(24)16(4)26-18-12-11-14(2)15(3)13-18/h6-13,16,19H,5H2,1-4H3,(H,22,24)(H,23,25). The third-order valence-corrected chi connectivity index (χ3v) is 4.15. The molecule has 144 valence electrons. The molecule has 6 nitrogen and oxygen atoms in total. The van der Waals surface area contributed by atoms with E-state index in [1.54, 1.807) is 19.1 Å². The normalized spacial score (nSPS) is 12.6. The number of benzene rings is 2. The number of nitrogens with one attached hydrogen (secondary N) is 2. The summed E-state index contributed by atoms with van der Waals surface area (Å²) >= 11 is 0. The Labute approximate surface area is 159 Å². The van der Waals surface area contributed by atoms with Crippen molar-refractivity contribution in [1.82, 2.24) is 10.9 Å². The second-order valence-electron chi connectivity index (χ2n) is 6.31. The number of carbonyl (C=O) groups is 2. The first-order chi connectivity index (χ1) is 12.9. The van der Waals surface area contributed by atoms with Gasteiger partial charge < -0.3 is 9.47 Å². The highest BCUT2D eigenvalue weighted by molar-refractivity contribution is 5.86. The lowest BCUT2D eigenvalue weighted by Gasteiger charge is -2.19. The Morgan fingerprint density at radius 2 is 1.56 bits per heavy atom. The van der Waals surface area contributed by atoms with Gasteiger partial charge in [0.1, 0.15) is 11.5 Å². The second-order valence-corrected chi connectivity index (χ2v) is 6.31. The molecule has 2 unspecified atom stereocenters. The lowest BCUT2D eigenvalue weighted by atomic mass is 10.1. The predicted molar refractivity (Wildman–Crippen MR) is 103 cm³/mol. The van der Waals surface area contributed by atoms with Crippen LogP contribution in [0.4, 0.5) is 0 Å². The van der Waals surface area contributed by atoms with Crippen LogP contribution in [0.25, 0.3) is 0 Å². The largest absolute Gasteiger partial charge is 0.481 e. The number of aryl methyl sites for hydroxylation is 2. The summed E-state index contributed by atoms with van der Waals surface area (Å²) in [6.07, 6.45) is -1.00.